The molecular formula is C14H18FNO2. The summed E-state index contributed by atoms with van der Waals surface area (Å²) in [5.74, 6) is -0.629. The largest absolute Gasteiger partial charge is 0.480 e. The maximum absolute atomic E-state index is 12.8. The lowest BCUT2D eigenvalue weighted by molar-refractivity contribution is -0.139. The topological polar surface area (TPSA) is 49.3 Å². The molecule has 0 aromatic heterocycles. The number of hydrogen-bond acceptors (Lipinski definition) is 2. The van der Waals surface area contributed by atoms with E-state index in [1.807, 2.05) is 12.1 Å². The fourth-order valence-electron chi connectivity index (χ4n) is 2.60. The van der Waals surface area contributed by atoms with E-state index in [0.717, 1.165) is 24.8 Å². The zero-order valence-electron chi connectivity index (χ0n) is 10.4. The zero-order valence-corrected chi connectivity index (χ0v) is 10.4. The molecule has 2 N–H and O–H groups in total. The Morgan fingerprint density at radius 2 is 2.06 bits per heavy atom. The second-order valence-corrected chi connectivity index (χ2v) is 4.99. The molecule has 0 bridgehead atoms. The van der Waals surface area contributed by atoms with Crippen molar-refractivity contribution in [3.63, 3.8) is 0 Å². The monoisotopic (exact) mass is 251 g/mol. The van der Waals surface area contributed by atoms with Crippen molar-refractivity contribution < 1.29 is 14.3 Å². The number of aliphatic carboxylic acids is 1. The van der Waals surface area contributed by atoms with Gasteiger partial charge >= 0.3 is 5.97 Å². The quantitative estimate of drug-likeness (QED) is 0.864. The molecule has 1 aromatic rings. The van der Waals surface area contributed by atoms with Gasteiger partial charge in [0.15, 0.2) is 0 Å². The Hall–Kier alpha value is -1.42. The molecule has 0 spiro atoms. The van der Waals surface area contributed by atoms with Gasteiger partial charge in [0, 0.05) is 6.04 Å². The van der Waals surface area contributed by atoms with E-state index in [1.165, 1.54) is 12.1 Å². The van der Waals surface area contributed by atoms with Gasteiger partial charge in [-0.3, -0.25) is 4.79 Å². The Bertz CT molecular complexity index is 418. The van der Waals surface area contributed by atoms with E-state index in [-0.39, 0.29) is 11.9 Å². The number of carboxylic acids is 1. The lowest BCUT2D eigenvalue weighted by atomic mass is 9.97. The molecule has 3 atom stereocenters. The van der Waals surface area contributed by atoms with Crippen LogP contribution in [0, 0.1) is 5.82 Å². The van der Waals surface area contributed by atoms with Crippen molar-refractivity contribution in [3.8, 4) is 0 Å². The van der Waals surface area contributed by atoms with Gasteiger partial charge in [-0.25, -0.2) is 4.39 Å². The Balaban J connectivity index is 1.92. The Morgan fingerprint density at radius 1 is 1.39 bits per heavy atom. The zero-order chi connectivity index (χ0) is 13.1. The predicted octanol–water partition coefficient (Wildman–Crippen LogP) is 2.52. The van der Waals surface area contributed by atoms with Crippen molar-refractivity contribution in [1.29, 1.82) is 0 Å². The minimum atomic E-state index is -0.819. The summed E-state index contributed by atoms with van der Waals surface area (Å²) >= 11 is 0. The summed E-state index contributed by atoms with van der Waals surface area (Å²) in [5, 5.41) is 12.0. The van der Waals surface area contributed by atoms with Crippen LogP contribution in [0.4, 0.5) is 4.39 Å². The molecule has 1 aliphatic rings. The lowest BCUT2D eigenvalue weighted by Crippen LogP contribution is -2.40. The molecule has 0 amide bonds. The maximum Gasteiger partial charge on any atom is 0.320 e. The van der Waals surface area contributed by atoms with Gasteiger partial charge in [0.05, 0.1) is 0 Å². The van der Waals surface area contributed by atoms with Crippen LogP contribution in [0.5, 0.6) is 0 Å². The molecule has 3 nitrogen and oxygen atoms in total. The van der Waals surface area contributed by atoms with Crippen LogP contribution in [-0.4, -0.2) is 23.2 Å². The van der Waals surface area contributed by atoms with Crippen molar-refractivity contribution >= 4 is 5.97 Å². The second-order valence-electron chi connectivity index (χ2n) is 4.99. The van der Waals surface area contributed by atoms with E-state index in [2.05, 4.69) is 5.32 Å². The van der Waals surface area contributed by atoms with Gasteiger partial charge in [-0.2, -0.15) is 0 Å². The smallest absolute Gasteiger partial charge is 0.320 e. The highest BCUT2D eigenvalue weighted by molar-refractivity contribution is 5.72. The van der Waals surface area contributed by atoms with Crippen LogP contribution in [0.1, 0.15) is 37.7 Å². The highest BCUT2D eigenvalue weighted by Gasteiger charge is 2.27. The van der Waals surface area contributed by atoms with Crippen molar-refractivity contribution in [3.05, 3.63) is 35.6 Å². The molecule has 0 aliphatic heterocycles. The number of rotatable bonds is 4. The van der Waals surface area contributed by atoms with Crippen LogP contribution >= 0.6 is 0 Å². The first-order valence-electron chi connectivity index (χ1n) is 6.30. The average molecular weight is 251 g/mol. The van der Waals surface area contributed by atoms with Gasteiger partial charge in [0.1, 0.15) is 11.9 Å². The molecule has 98 valence electrons. The first kappa shape index (κ1) is 13.0. The van der Waals surface area contributed by atoms with Crippen LogP contribution in [-0.2, 0) is 4.79 Å². The van der Waals surface area contributed by atoms with Gasteiger partial charge in [-0.1, -0.05) is 12.1 Å². The second kappa shape index (κ2) is 5.48. The third kappa shape index (κ3) is 3.07. The summed E-state index contributed by atoms with van der Waals surface area (Å²) in [6.45, 7) is 1.66. The number of nitrogens with one attached hydrogen (secondary N) is 1. The van der Waals surface area contributed by atoms with Gasteiger partial charge in [-0.05, 0) is 49.8 Å². The molecular weight excluding hydrogens is 233 g/mol. The van der Waals surface area contributed by atoms with Crippen LogP contribution < -0.4 is 5.32 Å². The molecule has 4 heteroatoms. The van der Waals surface area contributed by atoms with Gasteiger partial charge < -0.3 is 10.4 Å². The molecule has 0 radical (unpaired) electrons. The molecule has 1 aromatic carbocycles. The minimum Gasteiger partial charge on any atom is -0.480 e. The van der Waals surface area contributed by atoms with Crippen LogP contribution in [0.25, 0.3) is 0 Å². The third-order valence-corrected chi connectivity index (χ3v) is 3.63. The number of carboxylic acid groups (broad SMARTS) is 1. The maximum atomic E-state index is 12.8. The summed E-state index contributed by atoms with van der Waals surface area (Å²) < 4.78 is 12.8. The molecule has 3 unspecified atom stereocenters. The van der Waals surface area contributed by atoms with E-state index >= 15 is 0 Å². The van der Waals surface area contributed by atoms with E-state index in [4.69, 9.17) is 5.11 Å². The molecule has 1 saturated carbocycles. The molecule has 1 aliphatic carbocycles. The number of benzene rings is 1. The van der Waals surface area contributed by atoms with Gasteiger partial charge in [-0.15, -0.1) is 0 Å². The number of hydrogen-bond donors (Lipinski definition) is 2. The lowest BCUT2D eigenvalue weighted by Gasteiger charge is -2.16. The molecule has 0 heterocycles. The third-order valence-electron chi connectivity index (χ3n) is 3.63. The summed E-state index contributed by atoms with van der Waals surface area (Å²) in [6.07, 6.45) is 2.92. The van der Waals surface area contributed by atoms with E-state index in [1.54, 1.807) is 6.92 Å². The van der Waals surface area contributed by atoms with Gasteiger partial charge in [0.2, 0.25) is 0 Å². The first-order valence-corrected chi connectivity index (χ1v) is 6.30. The average Bonchev–Trinajstić information content (AvgIpc) is 2.78. The molecule has 1 fully saturated rings. The minimum absolute atomic E-state index is 0.217. The standard InChI is InChI=1S/C14H18FNO2/c1-9(14(17)18)16-13-7-4-11(8-13)10-2-5-12(15)6-3-10/h2-3,5-6,9,11,13,16H,4,7-8H2,1H3,(H,17,18). The van der Waals surface area contributed by atoms with Crippen molar-refractivity contribution in [2.75, 3.05) is 0 Å². The van der Waals surface area contributed by atoms with Crippen LogP contribution in [0.15, 0.2) is 24.3 Å². The van der Waals surface area contributed by atoms with Crippen molar-refractivity contribution in [2.24, 2.45) is 0 Å². The Morgan fingerprint density at radius 3 is 2.67 bits per heavy atom. The highest BCUT2D eigenvalue weighted by atomic mass is 19.1. The van der Waals surface area contributed by atoms with Crippen molar-refractivity contribution in [2.45, 2.75) is 44.2 Å². The van der Waals surface area contributed by atoms with E-state index < -0.39 is 12.0 Å². The van der Waals surface area contributed by atoms with E-state index in [0.29, 0.717) is 5.92 Å². The van der Waals surface area contributed by atoms with Gasteiger partial charge in [0.25, 0.3) is 0 Å². The van der Waals surface area contributed by atoms with Crippen molar-refractivity contribution in [1.82, 2.24) is 5.32 Å². The fourth-order valence-corrected chi connectivity index (χ4v) is 2.60. The van der Waals surface area contributed by atoms with E-state index in [9.17, 15) is 9.18 Å². The fraction of sp³-hybridized carbons (Fsp3) is 0.500. The Kier molecular flexibility index (Phi) is 3.97. The van der Waals surface area contributed by atoms with Crippen LogP contribution in [0.2, 0.25) is 0 Å². The first-order chi connectivity index (χ1) is 8.56. The highest BCUT2D eigenvalue weighted by Crippen LogP contribution is 2.34. The predicted molar refractivity (Wildman–Crippen MR) is 67.0 cm³/mol. The molecule has 18 heavy (non-hydrogen) atoms. The summed E-state index contributed by atoms with van der Waals surface area (Å²) in [5.41, 5.74) is 1.14. The summed E-state index contributed by atoms with van der Waals surface area (Å²) in [4.78, 5) is 10.8. The Labute approximate surface area is 106 Å². The number of halogens is 1. The van der Waals surface area contributed by atoms with Crippen LogP contribution in [0.3, 0.4) is 0 Å². The molecule has 0 saturated heterocycles. The normalized spacial score (nSPS) is 25.0. The summed E-state index contributed by atoms with van der Waals surface area (Å²) in [6, 6.07) is 6.34. The SMILES string of the molecule is CC(NC1CCC(c2ccc(F)cc2)C1)C(=O)O. The number of carbonyl (C=O) groups is 1. The summed E-state index contributed by atoms with van der Waals surface area (Å²) in [7, 11) is 0. The molecule has 2 rings (SSSR count).